The van der Waals surface area contributed by atoms with E-state index in [1.165, 1.54) is 91.6 Å². The number of benzene rings is 4. The number of aromatic nitrogens is 16. The highest BCUT2D eigenvalue weighted by Crippen LogP contribution is 2.40. The molecule has 4 saturated heterocycles. The van der Waals surface area contributed by atoms with Gasteiger partial charge >= 0.3 is 0 Å². The summed E-state index contributed by atoms with van der Waals surface area (Å²) >= 11 is 0. The van der Waals surface area contributed by atoms with E-state index in [1.807, 2.05) is 34.6 Å². The highest BCUT2D eigenvalue weighted by Gasteiger charge is 2.43. The molecule has 0 bridgehead atoms. The summed E-state index contributed by atoms with van der Waals surface area (Å²) in [5, 5.41) is 56.2. The molecule has 16 rings (SSSR count). The largest absolute Gasteiger partial charge is 0.493 e. The fraction of sp³-hybridized carbons (Fsp3) is 0.488. The van der Waals surface area contributed by atoms with Crippen LogP contribution in [0.25, 0.3) is 67.6 Å². The zero-order valence-corrected chi connectivity index (χ0v) is 82.9. The summed E-state index contributed by atoms with van der Waals surface area (Å²) in [5.74, 6) is 4.49. The topological polar surface area (TPSA) is 648 Å². The van der Waals surface area contributed by atoms with Gasteiger partial charge in [-0.1, -0.05) is 27.7 Å². The molecule has 12 aromatic rings. The first kappa shape index (κ1) is 105. The molecule has 52 nitrogen and oxygen atoms in total. The number of rotatable bonds is 42. The molecule has 0 aliphatic carbocycles. The third kappa shape index (κ3) is 23.1. The minimum absolute atomic E-state index is 0.00947. The van der Waals surface area contributed by atoms with Crippen molar-refractivity contribution in [2.24, 2.45) is 17.8 Å². The van der Waals surface area contributed by atoms with Gasteiger partial charge in [-0.15, -0.1) is 60.9 Å². The van der Waals surface area contributed by atoms with Gasteiger partial charge in [0.25, 0.3) is 42.6 Å². The maximum absolute atomic E-state index is 13.3. The summed E-state index contributed by atoms with van der Waals surface area (Å²) in [6.07, 6.45) is 6.41. The van der Waals surface area contributed by atoms with Gasteiger partial charge in [0.2, 0.25) is 40.1 Å². The SMILES string of the molecule is CCCc1nc(C)c2c(=O)[nH]c(-c3cc(S(=O)(=O)N4CC(CCCO[N+](=O)[O-])C4)ccc3OCC)nn12.CCCc1nc(C)c2c(=O)[nH]c(-c3cc(S(=O)(=O)N4CC(CCO[N+](=O)[O-])C4)ccc3OCC)nn12.CCCc1nc(C)c2c(=O)[nH]c(-c3cc(S(=O)(=O)N4CC(CO[N+](=O)[O-])C4)ccc3OCC)nn12.CCCc1nc(C)c2c(=O)[nH]c(-c3cc(S(=O)(=O)N4CC(O[N+](=O)[O-])C4)ccc3OCC)nn12. The fourth-order valence-electron chi connectivity index (χ4n) is 16.5. The zero-order valence-electron chi connectivity index (χ0n) is 79.6. The van der Waals surface area contributed by atoms with Crippen LogP contribution >= 0.6 is 0 Å². The van der Waals surface area contributed by atoms with Crippen molar-refractivity contribution >= 4 is 62.2 Å². The molecule has 142 heavy (non-hydrogen) atoms. The second-order valence-electron chi connectivity index (χ2n) is 33.5. The number of H-pyrrole nitrogens is 4. The predicted octanol–water partition coefficient (Wildman–Crippen LogP) is 7.21. The van der Waals surface area contributed by atoms with Crippen LogP contribution in [0.15, 0.2) is 112 Å². The fourth-order valence-corrected chi connectivity index (χ4v) is 22.9. The van der Waals surface area contributed by atoms with Crippen molar-refractivity contribution in [3.05, 3.63) is 201 Å². The molecule has 4 N–H and O–H groups in total. The first-order chi connectivity index (χ1) is 67.6. The van der Waals surface area contributed by atoms with Gasteiger partial charge in [0, 0.05) is 84.0 Å². The van der Waals surface area contributed by atoms with Crippen molar-refractivity contribution in [2.75, 3.05) is 98.6 Å². The summed E-state index contributed by atoms with van der Waals surface area (Å²) in [6, 6.07) is 17.5. The van der Waals surface area contributed by atoms with Gasteiger partial charge in [-0.25, -0.2) is 71.7 Å². The molecule has 0 saturated carbocycles. The molecule has 764 valence electrons. The van der Waals surface area contributed by atoms with Crippen LogP contribution in [-0.2, 0) is 85.1 Å². The Kier molecular flexibility index (Phi) is 33.2. The Morgan fingerprint density at radius 1 is 0.352 bits per heavy atom. The monoisotopic (exact) mass is 2050 g/mol. The van der Waals surface area contributed by atoms with E-state index >= 15 is 0 Å². The summed E-state index contributed by atoms with van der Waals surface area (Å²) in [4.78, 5) is 139. The smallest absolute Gasteiger partial charge is 0.294 e. The molecular formula is C86H108N24O28S4. The van der Waals surface area contributed by atoms with E-state index in [-0.39, 0.29) is 136 Å². The Bertz CT molecular complexity index is 7490. The van der Waals surface area contributed by atoms with E-state index in [4.69, 9.17) is 18.9 Å². The van der Waals surface area contributed by atoms with Gasteiger partial charge in [-0.2, -0.15) is 17.2 Å². The number of fused-ring (bicyclic) bond motifs is 4. The number of hydrogen-bond acceptors (Lipinski definition) is 36. The number of aryl methyl sites for hydroxylation is 8. The third-order valence-corrected chi connectivity index (χ3v) is 30.7. The lowest BCUT2D eigenvalue weighted by Crippen LogP contribution is -2.55. The average molecular weight is 2050 g/mol. The standard InChI is InChI=1S/C23H30N6O7S.C22H28N6O7S.C21H26N6O7S.C20H24N6O7S/c1-4-7-20-24-15(3)21-23(30)25-22(26-28(20)21)18-12-17(9-10-19(18)35-5-2)37(33,34)27-13-16(14-27)8-6-11-36-29(31)32;1-4-6-19-23-14(3)20-22(29)24-21(25-27(19)20)17-11-16(7-8-18(17)34-5-2)36(32,33)26-12-15(13-26)9-10-35-28(30)31;1-4-6-18-22-13(3)19-21(28)23-20(24-26(18)19)16-9-15(7-8-17(16)33-5-2)35(31,32)25-10-14(11-25)12-34-27(29)30;1-4-6-17-21-12(3)18-20(27)22-19(23-25(17)18)15-9-14(7-8-16(15)32-5-2)34(30,31)24-10-13(11-24)33-26(28)29/h9-10,12,16H,4-8,11,13-14H2,1-3H3,(H,25,26,30);7-8,11,15H,4-6,9-10,12-13H2,1-3H3,(H,24,25,29);7-9,14H,4-6,10-12H2,1-3H3,(H,23,24,28);7-9,13H,4-6,10-11H2,1-3H3,(H,22,23,27). The molecule has 4 aromatic carbocycles. The van der Waals surface area contributed by atoms with Crippen LogP contribution in [-0.4, -0.2) is 254 Å². The molecule has 0 amide bonds. The molecular weight excluding hydrogens is 1950 g/mol. The molecule has 0 spiro atoms. The maximum Gasteiger partial charge on any atom is 0.294 e. The van der Waals surface area contributed by atoms with Crippen LogP contribution in [0.4, 0.5) is 0 Å². The Morgan fingerprint density at radius 2 is 0.613 bits per heavy atom. The summed E-state index contributed by atoms with van der Waals surface area (Å²) < 4.78 is 139. The van der Waals surface area contributed by atoms with Gasteiger partial charge in [0.15, 0.2) is 45.4 Å². The number of ether oxygens (including phenoxy) is 4. The first-order valence-electron chi connectivity index (χ1n) is 45.8. The van der Waals surface area contributed by atoms with Crippen molar-refractivity contribution in [3.8, 4) is 68.5 Å². The maximum atomic E-state index is 13.3. The minimum atomic E-state index is -3.96. The molecule has 0 radical (unpaired) electrons. The number of sulfonamides is 4. The molecule has 56 heteroatoms. The number of imidazole rings is 4. The molecule has 4 aliphatic rings. The van der Waals surface area contributed by atoms with Crippen molar-refractivity contribution in [2.45, 2.75) is 179 Å². The Labute approximate surface area is 810 Å². The van der Waals surface area contributed by atoms with E-state index in [1.54, 1.807) is 60.6 Å². The minimum Gasteiger partial charge on any atom is -0.493 e. The highest BCUT2D eigenvalue weighted by atomic mass is 32.2. The average Bonchev–Trinajstić information content (AvgIpc) is 1.60. The lowest BCUT2D eigenvalue weighted by atomic mass is 9.98. The van der Waals surface area contributed by atoms with Crippen LogP contribution in [0.3, 0.4) is 0 Å². The zero-order chi connectivity index (χ0) is 103. The summed E-state index contributed by atoms with van der Waals surface area (Å²) in [7, 11) is -15.5. The quantitative estimate of drug-likeness (QED) is 0.0167. The van der Waals surface area contributed by atoms with Gasteiger partial charge in [-0.3, -0.25) is 19.2 Å². The van der Waals surface area contributed by atoms with Crippen molar-refractivity contribution in [1.82, 2.24) is 95.5 Å². The number of aromatic amines is 4. The lowest BCUT2D eigenvalue weighted by Gasteiger charge is -2.38. The van der Waals surface area contributed by atoms with Gasteiger partial charge in [0.05, 0.1) is 104 Å². The van der Waals surface area contributed by atoms with E-state index in [0.29, 0.717) is 192 Å². The predicted molar refractivity (Wildman–Crippen MR) is 506 cm³/mol. The van der Waals surface area contributed by atoms with Crippen LogP contribution < -0.4 is 41.2 Å². The van der Waals surface area contributed by atoms with Crippen molar-refractivity contribution < 1.29 is 92.3 Å². The summed E-state index contributed by atoms with van der Waals surface area (Å²) in [6.45, 7) is 24.2. The summed E-state index contributed by atoms with van der Waals surface area (Å²) in [5.41, 5.74) is 3.33. The van der Waals surface area contributed by atoms with Crippen molar-refractivity contribution in [3.63, 3.8) is 0 Å². The number of hydrogen-bond donors (Lipinski definition) is 4. The molecule has 0 atom stereocenters. The van der Waals surface area contributed by atoms with Crippen LogP contribution in [0.1, 0.15) is 146 Å². The molecule has 8 aromatic heterocycles. The second kappa shape index (κ2) is 44.8. The van der Waals surface area contributed by atoms with Crippen LogP contribution in [0, 0.1) is 85.9 Å². The lowest BCUT2D eigenvalue weighted by molar-refractivity contribution is -0.771. The van der Waals surface area contributed by atoms with Gasteiger partial charge in [0.1, 0.15) is 59.0 Å². The molecule has 12 heterocycles. The second-order valence-corrected chi connectivity index (χ2v) is 41.2. The number of nitrogens with one attached hydrogen (secondary N) is 4. The van der Waals surface area contributed by atoms with Crippen LogP contribution in [0.5, 0.6) is 23.0 Å². The van der Waals surface area contributed by atoms with E-state index in [9.17, 15) is 93.3 Å². The number of nitrogens with zero attached hydrogens (tertiary/aromatic N) is 20. The Balaban J connectivity index is 0.000000159. The van der Waals surface area contributed by atoms with Gasteiger partial charge < -0.3 is 58.2 Å². The van der Waals surface area contributed by atoms with Crippen LogP contribution in [0.2, 0.25) is 0 Å². The van der Waals surface area contributed by atoms with Gasteiger partial charge in [-0.05, 0) is 185 Å². The third-order valence-electron chi connectivity index (χ3n) is 23.4. The van der Waals surface area contributed by atoms with E-state index in [0.717, 1.165) is 30.0 Å². The van der Waals surface area contributed by atoms with E-state index < -0.39 is 77.7 Å². The normalized spacial score (nSPS) is 14.7. The van der Waals surface area contributed by atoms with E-state index in [2.05, 4.69) is 79.6 Å². The van der Waals surface area contributed by atoms with Crippen molar-refractivity contribution in [1.29, 1.82) is 0 Å². The molecule has 4 aliphatic heterocycles. The Morgan fingerprint density at radius 3 is 0.873 bits per heavy atom. The first-order valence-corrected chi connectivity index (χ1v) is 51.5. The highest BCUT2D eigenvalue weighted by molar-refractivity contribution is 7.90. The Hall–Kier alpha value is -14.1. The molecule has 0 unspecified atom stereocenters. The molecule has 4 fully saturated rings.